The fraction of sp³-hybridized carbons (Fsp3) is 0.476. The number of carbonyl (C=O) groups excluding carboxylic acids is 3. The number of phenolic OH excluding ortho intramolecular Hbond substituents is 2. The number of hydrogen-bond donors (Lipinski definition) is 5. The number of amides is 3. The molecule has 0 saturated carbocycles. The van der Waals surface area contributed by atoms with Gasteiger partial charge in [-0.15, -0.1) is 0 Å². The number of aromatic hydroxyl groups is 2. The number of aliphatic imine (C=N–C) groups is 1. The summed E-state index contributed by atoms with van der Waals surface area (Å²) < 4.78 is 32.0. The Balaban J connectivity index is 1.62. The first-order valence-corrected chi connectivity index (χ1v) is 12.0. The molecule has 1 fully saturated rings. The van der Waals surface area contributed by atoms with Crippen LogP contribution in [0.3, 0.4) is 0 Å². The van der Waals surface area contributed by atoms with Gasteiger partial charge in [0.15, 0.2) is 17.5 Å². The summed E-state index contributed by atoms with van der Waals surface area (Å²) in [6.45, 7) is 3.13. The predicted molar refractivity (Wildman–Crippen MR) is 123 cm³/mol. The number of carbonyl (C=O) groups is 4. The lowest BCUT2D eigenvalue weighted by atomic mass is 9.92. The molecule has 3 rings (SSSR count). The first kappa shape index (κ1) is 27.7. The fourth-order valence-corrected chi connectivity index (χ4v) is 4.48. The summed E-state index contributed by atoms with van der Waals surface area (Å²) in [5.41, 5.74) is 3.98. The van der Waals surface area contributed by atoms with Gasteiger partial charge in [0, 0.05) is 12.5 Å². The van der Waals surface area contributed by atoms with Crippen molar-refractivity contribution in [1.82, 2.24) is 15.8 Å². The monoisotopic (exact) mass is 541 g/mol. The van der Waals surface area contributed by atoms with E-state index in [0.717, 1.165) is 11.8 Å². The highest BCUT2D eigenvalue weighted by Crippen LogP contribution is 2.32. The molecular formula is C21H25N4O11S-. The maximum atomic E-state index is 12.5. The van der Waals surface area contributed by atoms with Gasteiger partial charge < -0.3 is 34.2 Å². The molecule has 15 nitrogen and oxygen atoms in total. The third-order valence-electron chi connectivity index (χ3n) is 5.99. The van der Waals surface area contributed by atoms with Crippen molar-refractivity contribution in [2.75, 3.05) is 6.61 Å². The van der Waals surface area contributed by atoms with Crippen LogP contribution in [0.15, 0.2) is 23.2 Å². The average Bonchev–Trinajstić information content (AvgIpc) is 3.22. The van der Waals surface area contributed by atoms with Crippen LogP contribution in [0.2, 0.25) is 0 Å². The molecule has 5 N–H and O–H groups in total. The van der Waals surface area contributed by atoms with Crippen LogP contribution in [-0.2, 0) is 34.9 Å². The van der Waals surface area contributed by atoms with E-state index < -0.39 is 82.0 Å². The number of ether oxygens (including phenoxy) is 2. The smallest absolute Gasteiger partial charge is 0.426 e. The van der Waals surface area contributed by atoms with Crippen LogP contribution in [0.4, 0.5) is 4.79 Å². The second-order valence-corrected chi connectivity index (χ2v) is 10.1. The predicted octanol–water partition coefficient (Wildman–Crippen LogP) is -0.899. The number of hydrazine groups is 1. The van der Waals surface area contributed by atoms with Crippen LogP contribution in [0.5, 0.6) is 11.5 Å². The number of phenols is 2. The number of nitrogens with one attached hydrogen (secondary N) is 2. The summed E-state index contributed by atoms with van der Waals surface area (Å²) in [5.74, 6) is -4.03. The van der Waals surface area contributed by atoms with Crippen molar-refractivity contribution in [2.24, 2.45) is 4.99 Å². The number of β-lactam (4-membered cyclic amide) rings is 1. The van der Waals surface area contributed by atoms with Gasteiger partial charge in [0.2, 0.25) is 11.8 Å². The molecule has 1 aromatic carbocycles. The molecule has 2 aliphatic heterocycles. The molecule has 2 heterocycles. The number of carboxylic acids is 1. The lowest BCUT2D eigenvalue weighted by Crippen LogP contribution is -2.68. The van der Waals surface area contributed by atoms with Crippen molar-refractivity contribution in [3.8, 4) is 11.5 Å². The molecule has 202 valence electrons. The quantitative estimate of drug-likeness (QED) is 0.117. The molecule has 6 atom stereocenters. The Morgan fingerprint density at radius 1 is 1.32 bits per heavy atom. The fourth-order valence-electron chi connectivity index (χ4n) is 3.92. The number of para-hydroxylation sites is 1. The van der Waals surface area contributed by atoms with Gasteiger partial charge in [0.25, 0.3) is 5.91 Å². The molecule has 1 unspecified atom stereocenters. The van der Waals surface area contributed by atoms with Gasteiger partial charge in [0.1, 0.15) is 18.8 Å². The largest absolute Gasteiger partial charge is 0.772 e. The Bertz CT molecular complexity index is 1180. The second-order valence-electron chi connectivity index (χ2n) is 8.71. The topological polar surface area (TPSA) is 227 Å². The van der Waals surface area contributed by atoms with Gasteiger partial charge >= 0.3 is 12.1 Å². The van der Waals surface area contributed by atoms with Crippen LogP contribution >= 0.6 is 0 Å². The highest BCUT2D eigenvalue weighted by atomic mass is 32.2. The number of likely N-dealkylation sites (tertiary alicyclic amines) is 1. The first-order chi connectivity index (χ1) is 17.3. The van der Waals surface area contributed by atoms with Crippen molar-refractivity contribution in [2.45, 2.75) is 56.2 Å². The minimum Gasteiger partial charge on any atom is -0.772 e. The summed E-state index contributed by atoms with van der Waals surface area (Å²) in [7, 11) is 0. The summed E-state index contributed by atoms with van der Waals surface area (Å²) in [5, 5.41) is 29.2. The van der Waals surface area contributed by atoms with Gasteiger partial charge in [-0.1, -0.05) is 6.07 Å². The average molecular weight is 542 g/mol. The molecule has 1 saturated heterocycles. The molecule has 0 aliphatic carbocycles. The summed E-state index contributed by atoms with van der Waals surface area (Å²) in [6.07, 6.45) is -2.08. The zero-order valence-corrected chi connectivity index (χ0v) is 20.7. The van der Waals surface area contributed by atoms with Crippen LogP contribution in [0.25, 0.3) is 0 Å². The van der Waals surface area contributed by atoms with E-state index in [1.807, 2.05) is 10.9 Å². The number of rotatable bonds is 8. The van der Waals surface area contributed by atoms with Crippen LogP contribution in [-0.4, -0.2) is 94.3 Å². The molecule has 37 heavy (non-hydrogen) atoms. The zero-order valence-electron chi connectivity index (χ0n) is 19.9. The van der Waals surface area contributed by atoms with Crippen LogP contribution in [0, 0.1) is 0 Å². The third kappa shape index (κ3) is 5.43. The first-order valence-electron chi connectivity index (χ1n) is 10.9. The van der Waals surface area contributed by atoms with Crippen molar-refractivity contribution in [1.29, 1.82) is 0 Å². The number of benzene rings is 1. The third-order valence-corrected chi connectivity index (χ3v) is 7.10. The molecule has 0 radical (unpaired) electrons. The van der Waals surface area contributed by atoms with Crippen LogP contribution < -0.4 is 10.9 Å². The van der Waals surface area contributed by atoms with E-state index in [1.165, 1.54) is 25.1 Å². The molecule has 16 heteroatoms. The number of carboxylic acid groups (broad SMARTS) is 1. The summed E-state index contributed by atoms with van der Waals surface area (Å²) in [4.78, 5) is 53.4. The minimum absolute atomic E-state index is 0.0439. The van der Waals surface area contributed by atoms with Crippen molar-refractivity contribution >= 4 is 40.9 Å². The van der Waals surface area contributed by atoms with E-state index in [9.17, 15) is 43.3 Å². The van der Waals surface area contributed by atoms with Gasteiger partial charge in [-0.2, -0.15) is 0 Å². The molecule has 2 aliphatic rings. The second kappa shape index (κ2) is 10.6. The summed E-state index contributed by atoms with van der Waals surface area (Å²) >= 11 is -3.09. The molecule has 1 aromatic rings. The lowest BCUT2D eigenvalue weighted by Gasteiger charge is -2.49. The van der Waals surface area contributed by atoms with Crippen molar-refractivity contribution < 1.29 is 52.7 Å². The molecular weight excluding hydrogens is 516 g/mol. The number of hydrogen-bond acceptors (Lipinski definition) is 11. The van der Waals surface area contributed by atoms with E-state index in [4.69, 9.17) is 9.47 Å². The minimum atomic E-state index is -3.09. The molecule has 0 spiro atoms. The normalized spacial score (nSPS) is 24.0. The SMILES string of the molecule is C[C@@H]1CC(=O)N1[C@@H](C(=O)O)[C@](C)(COC(=O)NNC(=O)[C@H]1N=C(c2cccc(O)c2O)O[C@@H]1C)S(=O)[O-]. The Kier molecular flexibility index (Phi) is 7.92. The number of aliphatic carboxylic acids is 1. The van der Waals surface area contributed by atoms with Crippen molar-refractivity contribution in [3.63, 3.8) is 0 Å². The Hall–Kier alpha value is -3.92. The number of nitrogens with zero attached hydrogens (tertiary/aromatic N) is 2. The van der Waals surface area contributed by atoms with Gasteiger partial charge in [0.05, 0.1) is 10.3 Å². The molecule has 3 amide bonds. The maximum absolute atomic E-state index is 12.5. The lowest BCUT2D eigenvalue weighted by molar-refractivity contribution is -0.163. The van der Waals surface area contributed by atoms with Crippen molar-refractivity contribution in [3.05, 3.63) is 23.8 Å². The van der Waals surface area contributed by atoms with E-state index in [1.54, 1.807) is 6.92 Å². The molecule has 0 bridgehead atoms. The van der Waals surface area contributed by atoms with Crippen LogP contribution in [0.1, 0.15) is 32.8 Å². The summed E-state index contributed by atoms with van der Waals surface area (Å²) in [6, 6.07) is 0.571. The Morgan fingerprint density at radius 2 is 2.00 bits per heavy atom. The van der Waals surface area contributed by atoms with Gasteiger partial charge in [-0.05, 0) is 44.0 Å². The van der Waals surface area contributed by atoms with Gasteiger partial charge in [-0.3, -0.25) is 19.2 Å². The van der Waals surface area contributed by atoms with E-state index in [-0.39, 0.29) is 17.9 Å². The Morgan fingerprint density at radius 3 is 2.57 bits per heavy atom. The maximum Gasteiger partial charge on any atom is 0.426 e. The standard InChI is InChI=1S/C21H26N4O11S/c1-9-7-13(27)25(9)16(19(30)31)21(3,37(33)34)8-35-20(32)24-23-17(29)14-10(2)36-18(22-14)11-5-4-6-12(26)15(11)28/h4-6,9-10,14,16,26,28H,7-8H2,1-3H3,(H,23,29)(H,24,32)(H,30,31)(H,33,34)/p-1/t9-,10-,14+,16+,21+/m1/s1. The molecule has 0 aromatic heterocycles. The zero-order chi connectivity index (χ0) is 27.7. The highest BCUT2D eigenvalue weighted by Gasteiger charge is 2.52. The highest BCUT2D eigenvalue weighted by molar-refractivity contribution is 7.80. The van der Waals surface area contributed by atoms with Gasteiger partial charge in [-0.25, -0.2) is 20.0 Å². The Labute approximate surface area is 212 Å². The van der Waals surface area contributed by atoms with E-state index in [0.29, 0.717) is 0 Å². The van der Waals surface area contributed by atoms with E-state index in [2.05, 4.69) is 4.99 Å². The van der Waals surface area contributed by atoms with E-state index >= 15 is 0 Å².